The number of aliphatic hydroxyl groups is 1. The van der Waals surface area contributed by atoms with Crippen LogP contribution in [-0.2, 0) is 13.2 Å². The minimum Gasteiger partial charge on any atom is -0.483 e. The van der Waals surface area contributed by atoms with Gasteiger partial charge in [0.25, 0.3) is 5.56 Å². The molecule has 1 N–H and O–H groups in total. The van der Waals surface area contributed by atoms with Crippen LogP contribution in [-0.4, -0.2) is 9.67 Å². The van der Waals surface area contributed by atoms with Gasteiger partial charge in [-0.3, -0.25) is 9.36 Å². The molecule has 0 saturated heterocycles. The molecule has 0 aliphatic heterocycles. The molecule has 0 fully saturated rings. The number of hydrogen-bond donors (Lipinski definition) is 1. The van der Waals surface area contributed by atoms with Gasteiger partial charge >= 0.3 is 0 Å². The normalized spacial score (nSPS) is 10.8. The molecule has 0 saturated carbocycles. The van der Waals surface area contributed by atoms with Crippen molar-refractivity contribution in [3.63, 3.8) is 0 Å². The first kappa shape index (κ1) is 17.8. The molecule has 0 bridgehead atoms. The Morgan fingerprint density at radius 3 is 2.62 bits per heavy atom. The van der Waals surface area contributed by atoms with Crippen LogP contribution in [0.25, 0.3) is 5.69 Å². The number of ether oxygens (including phenoxy) is 1. The van der Waals surface area contributed by atoms with Crippen LogP contribution in [0.5, 0.6) is 5.75 Å². The van der Waals surface area contributed by atoms with Crippen molar-refractivity contribution in [2.24, 2.45) is 0 Å². The fourth-order valence-electron chi connectivity index (χ4n) is 2.63. The van der Waals surface area contributed by atoms with Gasteiger partial charge in [0.15, 0.2) is 5.75 Å². The van der Waals surface area contributed by atoms with E-state index in [1.54, 1.807) is 37.3 Å². The van der Waals surface area contributed by atoms with E-state index >= 15 is 0 Å². The topological polar surface area (TPSA) is 51.5 Å². The fourth-order valence-corrected chi connectivity index (χ4v) is 2.63. The van der Waals surface area contributed by atoms with Crippen LogP contribution in [0.15, 0.2) is 59.4 Å². The van der Waals surface area contributed by atoms with Crippen LogP contribution >= 0.6 is 0 Å². The minimum absolute atomic E-state index is 0.0497. The molecule has 134 valence electrons. The maximum absolute atomic E-state index is 13.7. The summed E-state index contributed by atoms with van der Waals surface area (Å²) in [6.07, 6.45) is 0. The van der Waals surface area contributed by atoms with Gasteiger partial charge in [0.05, 0.1) is 6.61 Å². The number of aliphatic hydroxyl groups excluding tert-OH is 1. The number of rotatable bonds is 5. The molecule has 1 heterocycles. The van der Waals surface area contributed by atoms with E-state index in [9.17, 15) is 18.7 Å². The lowest BCUT2D eigenvalue weighted by Gasteiger charge is -2.14. The Labute approximate surface area is 148 Å². The molecule has 3 rings (SSSR count). The maximum Gasteiger partial charge on any atom is 0.297 e. The lowest BCUT2D eigenvalue weighted by molar-refractivity contribution is 0.282. The second-order valence-electron chi connectivity index (χ2n) is 5.83. The zero-order valence-corrected chi connectivity index (χ0v) is 14.1. The van der Waals surface area contributed by atoms with Gasteiger partial charge in [-0.2, -0.15) is 0 Å². The van der Waals surface area contributed by atoms with Gasteiger partial charge in [-0.15, -0.1) is 0 Å². The molecule has 3 aromatic rings. The van der Waals surface area contributed by atoms with Crippen molar-refractivity contribution < 1.29 is 18.6 Å². The highest BCUT2D eigenvalue weighted by Gasteiger charge is 2.11. The van der Waals surface area contributed by atoms with Crippen LogP contribution in [0.4, 0.5) is 8.78 Å². The summed E-state index contributed by atoms with van der Waals surface area (Å²) >= 11 is 0. The van der Waals surface area contributed by atoms with Gasteiger partial charge in [-0.05, 0) is 48.9 Å². The van der Waals surface area contributed by atoms with Gasteiger partial charge in [0, 0.05) is 23.0 Å². The highest BCUT2D eigenvalue weighted by Crippen LogP contribution is 2.16. The summed E-state index contributed by atoms with van der Waals surface area (Å²) in [6.45, 7) is 1.44. The number of aromatic nitrogens is 1. The van der Waals surface area contributed by atoms with Gasteiger partial charge < -0.3 is 9.84 Å². The van der Waals surface area contributed by atoms with E-state index in [4.69, 9.17) is 4.74 Å². The number of nitrogens with zero attached hydrogens (tertiary/aromatic N) is 1. The third-order valence-corrected chi connectivity index (χ3v) is 3.99. The van der Waals surface area contributed by atoms with Crippen LogP contribution in [0, 0.1) is 18.6 Å². The molecule has 0 aliphatic carbocycles. The molecule has 0 aliphatic rings. The second-order valence-corrected chi connectivity index (χ2v) is 5.83. The van der Waals surface area contributed by atoms with Crippen molar-refractivity contribution in [2.45, 2.75) is 20.1 Å². The first-order chi connectivity index (χ1) is 12.5. The summed E-state index contributed by atoms with van der Waals surface area (Å²) in [6, 6.07) is 13.4. The van der Waals surface area contributed by atoms with Crippen LogP contribution in [0.2, 0.25) is 0 Å². The highest BCUT2D eigenvalue weighted by atomic mass is 19.1. The SMILES string of the molecule is Cc1ccc(OCc2ccc(F)cc2F)c(=O)n1-c1cccc(CO)c1. The average molecular weight is 357 g/mol. The average Bonchev–Trinajstić information content (AvgIpc) is 2.62. The lowest BCUT2D eigenvalue weighted by atomic mass is 10.2. The molecule has 0 spiro atoms. The standard InChI is InChI=1S/C20H17F2NO3/c1-13-5-8-19(26-12-15-6-7-16(21)10-18(15)22)20(25)23(13)17-4-2-3-14(9-17)11-24/h2-10,24H,11-12H2,1H3. The first-order valence-electron chi connectivity index (χ1n) is 7.99. The predicted molar refractivity (Wildman–Crippen MR) is 93.4 cm³/mol. The Kier molecular flexibility index (Phi) is 5.14. The van der Waals surface area contributed by atoms with E-state index in [-0.39, 0.29) is 24.5 Å². The van der Waals surface area contributed by atoms with E-state index in [2.05, 4.69) is 0 Å². The van der Waals surface area contributed by atoms with Crippen LogP contribution in [0.1, 0.15) is 16.8 Å². The van der Waals surface area contributed by atoms with Crippen molar-refractivity contribution in [1.29, 1.82) is 0 Å². The van der Waals surface area contributed by atoms with Crippen molar-refractivity contribution >= 4 is 0 Å². The monoisotopic (exact) mass is 357 g/mol. The molecule has 0 atom stereocenters. The molecule has 0 radical (unpaired) electrons. The minimum atomic E-state index is -0.729. The summed E-state index contributed by atoms with van der Waals surface area (Å²) < 4.78 is 33.6. The quantitative estimate of drug-likeness (QED) is 0.760. The summed E-state index contributed by atoms with van der Waals surface area (Å²) in [5, 5.41) is 9.28. The second kappa shape index (κ2) is 7.49. The van der Waals surface area contributed by atoms with Crippen molar-refractivity contribution in [1.82, 2.24) is 4.57 Å². The van der Waals surface area contributed by atoms with E-state index in [0.717, 1.165) is 12.1 Å². The Balaban J connectivity index is 1.93. The molecule has 26 heavy (non-hydrogen) atoms. The van der Waals surface area contributed by atoms with Gasteiger partial charge in [-0.1, -0.05) is 12.1 Å². The Morgan fingerprint density at radius 2 is 1.88 bits per heavy atom. The smallest absolute Gasteiger partial charge is 0.297 e. The molecular formula is C20H17F2NO3. The molecule has 0 amide bonds. The fraction of sp³-hybridized carbons (Fsp3) is 0.150. The first-order valence-corrected chi connectivity index (χ1v) is 7.99. The van der Waals surface area contributed by atoms with Gasteiger partial charge in [0.2, 0.25) is 0 Å². The molecule has 6 heteroatoms. The van der Waals surface area contributed by atoms with E-state index in [1.165, 1.54) is 16.7 Å². The van der Waals surface area contributed by atoms with E-state index in [0.29, 0.717) is 16.9 Å². The molecule has 0 unspecified atom stereocenters. The largest absolute Gasteiger partial charge is 0.483 e. The highest BCUT2D eigenvalue weighted by molar-refractivity contribution is 5.39. The van der Waals surface area contributed by atoms with Gasteiger partial charge in [-0.25, -0.2) is 8.78 Å². The predicted octanol–water partition coefficient (Wildman–Crippen LogP) is 3.50. The summed E-state index contributed by atoms with van der Waals surface area (Å²) in [4.78, 5) is 12.8. The Hall–Kier alpha value is -2.99. The number of benzene rings is 2. The van der Waals surface area contributed by atoms with Crippen molar-refractivity contribution in [3.05, 3.63) is 93.4 Å². The Bertz CT molecular complexity index is 999. The van der Waals surface area contributed by atoms with Crippen LogP contribution < -0.4 is 10.3 Å². The number of aryl methyl sites for hydroxylation is 1. The third-order valence-electron chi connectivity index (χ3n) is 3.99. The van der Waals surface area contributed by atoms with Crippen molar-refractivity contribution in [3.8, 4) is 11.4 Å². The number of pyridine rings is 1. The van der Waals surface area contributed by atoms with Crippen LogP contribution in [0.3, 0.4) is 0 Å². The summed E-state index contributed by atoms with van der Waals surface area (Å²) in [5.41, 5.74) is 1.71. The summed E-state index contributed by atoms with van der Waals surface area (Å²) in [5.74, 6) is -1.35. The molecular weight excluding hydrogens is 340 g/mol. The lowest BCUT2D eigenvalue weighted by Crippen LogP contribution is -2.22. The number of halogens is 2. The van der Waals surface area contributed by atoms with Crippen molar-refractivity contribution in [2.75, 3.05) is 0 Å². The Morgan fingerprint density at radius 1 is 1.08 bits per heavy atom. The zero-order chi connectivity index (χ0) is 18.7. The third kappa shape index (κ3) is 3.65. The van der Waals surface area contributed by atoms with E-state index < -0.39 is 17.2 Å². The zero-order valence-electron chi connectivity index (χ0n) is 14.1. The molecule has 1 aromatic heterocycles. The number of hydrogen-bond acceptors (Lipinski definition) is 3. The summed E-state index contributed by atoms with van der Waals surface area (Å²) in [7, 11) is 0. The van der Waals surface area contributed by atoms with E-state index in [1.807, 2.05) is 0 Å². The molecule has 2 aromatic carbocycles. The maximum atomic E-state index is 13.7. The van der Waals surface area contributed by atoms with Gasteiger partial charge in [0.1, 0.15) is 18.2 Å². The molecule has 4 nitrogen and oxygen atoms in total.